The van der Waals surface area contributed by atoms with E-state index in [-0.39, 0.29) is 12.3 Å². The summed E-state index contributed by atoms with van der Waals surface area (Å²) in [5, 5.41) is 5.96. The Morgan fingerprint density at radius 2 is 2.07 bits per heavy atom. The highest BCUT2D eigenvalue weighted by Crippen LogP contribution is 2.25. The molecule has 1 N–H and O–H groups in total. The maximum atomic E-state index is 12.3. The molecule has 0 aliphatic rings. The van der Waals surface area contributed by atoms with Gasteiger partial charge in [-0.15, -0.1) is 11.8 Å². The standard InChI is InChI=1S/C21H22ClN3OS/c1-4-25-14(2)18(17-7-5-6-8-19(17)25)13-23-24-21(26)12-15-11-16(22)9-10-20(15)27-3/h5-11,13H,4,12H2,1-3H3,(H,24,26)/b23-13-. The van der Waals surface area contributed by atoms with E-state index in [0.29, 0.717) is 5.02 Å². The predicted molar refractivity (Wildman–Crippen MR) is 115 cm³/mol. The van der Waals surface area contributed by atoms with Gasteiger partial charge in [-0.3, -0.25) is 4.79 Å². The third-order valence-corrected chi connectivity index (χ3v) is 5.65. The maximum Gasteiger partial charge on any atom is 0.244 e. The van der Waals surface area contributed by atoms with Gasteiger partial charge in [-0.1, -0.05) is 29.8 Å². The summed E-state index contributed by atoms with van der Waals surface area (Å²) in [5.41, 5.74) is 6.88. The Kier molecular flexibility index (Phi) is 6.24. The first-order valence-electron chi connectivity index (χ1n) is 8.77. The average molecular weight is 400 g/mol. The summed E-state index contributed by atoms with van der Waals surface area (Å²) < 4.78 is 2.25. The molecule has 140 valence electrons. The second kappa shape index (κ2) is 8.63. The highest BCUT2D eigenvalue weighted by atomic mass is 35.5. The molecule has 0 saturated heterocycles. The van der Waals surface area contributed by atoms with Crippen LogP contribution < -0.4 is 5.43 Å². The Morgan fingerprint density at radius 3 is 2.81 bits per heavy atom. The smallest absolute Gasteiger partial charge is 0.244 e. The van der Waals surface area contributed by atoms with E-state index in [4.69, 9.17) is 11.6 Å². The summed E-state index contributed by atoms with van der Waals surface area (Å²) in [6.07, 6.45) is 3.95. The minimum absolute atomic E-state index is 0.166. The second-order valence-corrected chi connectivity index (χ2v) is 7.47. The molecule has 0 spiro atoms. The van der Waals surface area contributed by atoms with E-state index in [1.54, 1.807) is 18.0 Å². The van der Waals surface area contributed by atoms with Gasteiger partial charge in [-0.05, 0) is 49.9 Å². The largest absolute Gasteiger partial charge is 0.344 e. The summed E-state index contributed by atoms with van der Waals surface area (Å²) in [5.74, 6) is -0.166. The number of rotatable bonds is 6. The van der Waals surface area contributed by atoms with Gasteiger partial charge < -0.3 is 4.57 Å². The number of hydrogen-bond donors (Lipinski definition) is 1. The van der Waals surface area contributed by atoms with E-state index in [9.17, 15) is 4.79 Å². The number of halogens is 1. The van der Waals surface area contributed by atoms with Crippen molar-refractivity contribution in [3.05, 3.63) is 64.3 Å². The van der Waals surface area contributed by atoms with Crippen LogP contribution in [-0.2, 0) is 17.8 Å². The first-order valence-corrected chi connectivity index (χ1v) is 10.4. The Balaban J connectivity index is 1.77. The number of nitrogens with one attached hydrogen (secondary N) is 1. The van der Waals surface area contributed by atoms with E-state index < -0.39 is 0 Å². The fourth-order valence-corrected chi connectivity index (χ4v) is 4.09. The predicted octanol–water partition coefficient (Wildman–Crippen LogP) is 5.04. The van der Waals surface area contributed by atoms with Crippen LogP contribution in [0.15, 0.2) is 52.5 Å². The van der Waals surface area contributed by atoms with E-state index in [1.165, 1.54) is 5.52 Å². The zero-order valence-electron chi connectivity index (χ0n) is 15.6. The molecular formula is C21H22ClN3OS. The van der Waals surface area contributed by atoms with E-state index in [1.807, 2.05) is 36.6 Å². The topological polar surface area (TPSA) is 46.4 Å². The summed E-state index contributed by atoms with van der Waals surface area (Å²) >= 11 is 7.65. The van der Waals surface area contributed by atoms with Crippen molar-refractivity contribution in [3.63, 3.8) is 0 Å². The molecule has 1 aromatic heterocycles. The zero-order chi connectivity index (χ0) is 19.4. The Bertz CT molecular complexity index is 1010. The summed E-state index contributed by atoms with van der Waals surface area (Å²) in [6, 6.07) is 13.8. The third kappa shape index (κ3) is 4.20. The van der Waals surface area contributed by atoms with Crippen molar-refractivity contribution in [1.29, 1.82) is 0 Å². The normalized spacial score (nSPS) is 11.4. The van der Waals surface area contributed by atoms with Gasteiger partial charge in [0.1, 0.15) is 0 Å². The molecule has 0 fully saturated rings. The first-order chi connectivity index (χ1) is 13.0. The fourth-order valence-electron chi connectivity index (χ4n) is 3.29. The van der Waals surface area contributed by atoms with Gasteiger partial charge in [0.2, 0.25) is 5.91 Å². The van der Waals surface area contributed by atoms with Gasteiger partial charge in [0.05, 0.1) is 12.6 Å². The van der Waals surface area contributed by atoms with Crippen LogP contribution >= 0.6 is 23.4 Å². The minimum Gasteiger partial charge on any atom is -0.344 e. The van der Waals surface area contributed by atoms with Crippen molar-refractivity contribution in [2.24, 2.45) is 5.10 Å². The number of carbonyl (C=O) groups excluding carboxylic acids is 1. The number of hydrazone groups is 1. The molecule has 0 bridgehead atoms. The molecule has 0 aliphatic carbocycles. The van der Waals surface area contributed by atoms with Crippen molar-refractivity contribution in [2.75, 3.05) is 6.26 Å². The van der Waals surface area contributed by atoms with E-state index >= 15 is 0 Å². The number of aryl methyl sites for hydroxylation is 1. The second-order valence-electron chi connectivity index (χ2n) is 6.19. The van der Waals surface area contributed by atoms with Crippen molar-refractivity contribution >= 4 is 46.4 Å². The molecule has 0 saturated carbocycles. The molecule has 0 radical (unpaired) electrons. The molecule has 2 aromatic carbocycles. The quantitative estimate of drug-likeness (QED) is 0.358. The Labute approximate surface area is 168 Å². The van der Waals surface area contributed by atoms with E-state index in [0.717, 1.165) is 33.6 Å². The van der Waals surface area contributed by atoms with Gasteiger partial charge in [-0.2, -0.15) is 5.10 Å². The molecule has 4 nitrogen and oxygen atoms in total. The SMILES string of the molecule is CCn1c(C)c(/C=N\NC(=O)Cc2cc(Cl)ccc2SC)c2ccccc21. The lowest BCUT2D eigenvalue weighted by Crippen LogP contribution is -2.20. The summed E-state index contributed by atoms with van der Waals surface area (Å²) in [6.45, 7) is 5.08. The van der Waals surface area contributed by atoms with Gasteiger partial charge >= 0.3 is 0 Å². The molecule has 0 aliphatic heterocycles. The zero-order valence-corrected chi connectivity index (χ0v) is 17.2. The third-order valence-electron chi connectivity index (χ3n) is 4.57. The minimum atomic E-state index is -0.166. The molecule has 3 aromatic rings. The van der Waals surface area contributed by atoms with Crippen LogP contribution in [0.25, 0.3) is 10.9 Å². The summed E-state index contributed by atoms with van der Waals surface area (Å²) in [4.78, 5) is 13.4. The number of nitrogens with zero attached hydrogens (tertiary/aromatic N) is 2. The van der Waals surface area contributed by atoms with Crippen LogP contribution in [-0.4, -0.2) is 22.9 Å². The van der Waals surface area contributed by atoms with Crippen LogP contribution in [0.1, 0.15) is 23.7 Å². The van der Waals surface area contributed by atoms with Crippen LogP contribution in [0.4, 0.5) is 0 Å². The maximum absolute atomic E-state index is 12.3. The highest BCUT2D eigenvalue weighted by Gasteiger charge is 2.11. The Morgan fingerprint density at radius 1 is 1.30 bits per heavy atom. The average Bonchev–Trinajstić information content (AvgIpc) is 2.93. The molecule has 1 amide bonds. The van der Waals surface area contributed by atoms with Gasteiger partial charge in [0, 0.05) is 38.6 Å². The molecule has 3 rings (SSSR count). The lowest BCUT2D eigenvalue weighted by atomic mass is 10.1. The highest BCUT2D eigenvalue weighted by molar-refractivity contribution is 7.98. The fraction of sp³-hybridized carbons (Fsp3) is 0.238. The Hall–Kier alpha value is -2.24. The van der Waals surface area contributed by atoms with Gasteiger partial charge in [0.15, 0.2) is 0 Å². The lowest BCUT2D eigenvalue weighted by molar-refractivity contribution is -0.120. The molecule has 6 heteroatoms. The number of amides is 1. The molecule has 27 heavy (non-hydrogen) atoms. The number of fused-ring (bicyclic) bond motifs is 1. The van der Waals surface area contributed by atoms with Gasteiger partial charge in [-0.25, -0.2) is 5.43 Å². The number of thioether (sulfide) groups is 1. The molecule has 0 unspecified atom stereocenters. The van der Waals surface area contributed by atoms with Crippen LogP contribution in [0.3, 0.4) is 0 Å². The van der Waals surface area contributed by atoms with Crippen molar-refractivity contribution in [2.45, 2.75) is 31.7 Å². The number of benzene rings is 2. The van der Waals surface area contributed by atoms with Gasteiger partial charge in [0.25, 0.3) is 0 Å². The number of aromatic nitrogens is 1. The molecule has 0 atom stereocenters. The van der Waals surface area contributed by atoms with E-state index in [2.05, 4.69) is 41.1 Å². The number of carbonyl (C=O) groups is 1. The number of para-hydroxylation sites is 1. The van der Waals surface area contributed by atoms with Crippen LogP contribution in [0.5, 0.6) is 0 Å². The monoisotopic (exact) mass is 399 g/mol. The van der Waals surface area contributed by atoms with Crippen molar-refractivity contribution in [1.82, 2.24) is 9.99 Å². The molecule has 1 heterocycles. The van der Waals surface area contributed by atoms with Crippen LogP contribution in [0.2, 0.25) is 5.02 Å². The molecular weight excluding hydrogens is 378 g/mol. The van der Waals surface area contributed by atoms with Crippen molar-refractivity contribution < 1.29 is 4.79 Å². The van der Waals surface area contributed by atoms with Crippen LogP contribution in [0, 0.1) is 6.92 Å². The number of hydrogen-bond acceptors (Lipinski definition) is 3. The summed E-state index contributed by atoms with van der Waals surface area (Å²) in [7, 11) is 0. The first kappa shape index (κ1) is 19.5. The lowest BCUT2D eigenvalue weighted by Gasteiger charge is -2.07. The van der Waals surface area contributed by atoms with Crippen molar-refractivity contribution in [3.8, 4) is 0 Å².